The summed E-state index contributed by atoms with van der Waals surface area (Å²) >= 11 is 6.38. The number of halogens is 1. The molecule has 0 spiro atoms. The zero-order valence-corrected chi connectivity index (χ0v) is 15.5. The lowest BCUT2D eigenvalue weighted by molar-refractivity contribution is -0.132. The summed E-state index contributed by atoms with van der Waals surface area (Å²) in [5.74, 6) is 0.0631. The summed E-state index contributed by atoms with van der Waals surface area (Å²) in [7, 11) is 0. The average Bonchev–Trinajstić information content (AvgIpc) is 2.66. The standard InChI is InChI=1S/C20H21ClN4O/c1-4-18-19(22-3)10-16(11-24-18)14-7-15(9-17(21)8-14)20-12-23-5-6-25(20)13(2)26/h4,7-11,20,23H,1,3,5-6,12H2,2H3. The van der Waals surface area contributed by atoms with E-state index in [1.807, 2.05) is 23.1 Å². The van der Waals surface area contributed by atoms with Gasteiger partial charge in [-0.3, -0.25) is 14.8 Å². The molecule has 0 saturated carbocycles. The highest BCUT2D eigenvalue weighted by atomic mass is 35.5. The molecule has 2 aromatic rings. The maximum Gasteiger partial charge on any atom is 0.220 e. The molecule has 26 heavy (non-hydrogen) atoms. The average molecular weight is 369 g/mol. The van der Waals surface area contributed by atoms with Gasteiger partial charge in [0.25, 0.3) is 0 Å². The maximum atomic E-state index is 12.0. The molecule has 3 rings (SSSR count). The van der Waals surface area contributed by atoms with Crippen molar-refractivity contribution in [2.24, 2.45) is 4.99 Å². The number of hydrogen-bond donors (Lipinski definition) is 1. The third kappa shape index (κ3) is 3.69. The Morgan fingerprint density at radius 3 is 2.88 bits per heavy atom. The zero-order valence-electron chi connectivity index (χ0n) is 14.7. The Balaban J connectivity index is 2.04. The summed E-state index contributed by atoms with van der Waals surface area (Å²) in [5.41, 5.74) is 4.17. The molecule has 1 atom stereocenters. The summed E-state index contributed by atoms with van der Waals surface area (Å²) in [5, 5.41) is 3.96. The Bertz CT molecular complexity index is 865. The van der Waals surface area contributed by atoms with Crippen molar-refractivity contribution in [3.63, 3.8) is 0 Å². The normalized spacial score (nSPS) is 17.0. The van der Waals surface area contributed by atoms with E-state index in [2.05, 4.69) is 34.7 Å². The van der Waals surface area contributed by atoms with Gasteiger partial charge >= 0.3 is 0 Å². The Morgan fingerprint density at radius 2 is 2.19 bits per heavy atom. The highest BCUT2D eigenvalue weighted by molar-refractivity contribution is 6.31. The molecule has 1 aromatic carbocycles. The highest BCUT2D eigenvalue weighted by Gasteiger charge is 2.26. The minimum absolute atomic E-state index is 0.0453. The van der Waals surface area contributed by atoms with Crippen LogP contribution in [0.5, 0.6) is 0 Å². The molecule has 0 radical (unpaired) electrons. The van der Waals surface area contributed by atoms with E-state index < -0.39 is 0 Å². The molecule has 1 fully saturated rings. The van der Waals surface area contributed by atoms with Gasteiger partial charge in [-0.15, -0.1) is 0 Å². The second kappa shape index (κ2) is 7.81. The smallest absolute Gasteiger partial charge is 0.220 e. The van der Waals surface area contributed by atoms with Gasteiger partial charge < -0.3 is 10.2 Å². The molecule has 1 saturated heterocycles. The third-order valence-corrected chi connectivity index (χ3v) is 4.77. The van der Waals surface area contributed by atoms with Crippen molar-refractivity contribution in [3.8, 4) is 11.1 Å². The number of nitrogens with one attached hydrogen (secondary N) is 1. The van der Waals surface area contributed by atoms with Crippen molar-refractivity contribution in [2.75, 3.05) is 19.6 Å². The molecule has 0 bridgehead atoms. The van der Waals surface area contributed by atoms with Gasteiger partial charge in [0.2, 0.25) is 5.91 Å². The monoisotopic (exact) mass is 368 g/mol. The van der Waals surface area contributed by atoms with Crippen LogP contribution in [0.15, 0.2) is 42.0 Å². The van der Waals surface area contributed by atoms with Crippen molar-refractivity contribution in [2.45, 2.75) is 13.0 Å². The fourth-order valence-corrected chi connectivity index (χ4v) is 3.50. The number of aliphatic imine (C=N–C) groups is 1. The van der Waals surface area contributed by atoms with Crippen LogP contribution in [0.4, 0.5) is 5.69 Å². The predicted octanol–water partition coefficient (Wildman–Crippen LogP) is 3.87. The molecule has 0 aliphatic carbocycles. The highest BCUT2D eigenvalue weighted by Crippen LogP contribution is 2.32. The zero-order chi connectivity index (χ0) is 18.7. The number of hydrogen-bond acceptors (Lipinski definition) is 4. The van der Waals surface area contributed by atoms with E-state index in [0.29, 0.717) is 29.5 Å². The largest absolute Gasteiger partial charge is 0.333 e. The van der Waals surface area contributed by atoms with Crippen LogP contribution < -0.4 is 5.32 Å². The predicted molar refractivity (Wildman–Crippen MR) is 107 cm³/mol. The van der Waals surface area contributed by atoms with Gasteiger partial charge in [0.15, 0.2) is 0 Å². The first-order valence-corrected chi connectivity index (χ1v) is 8.79. The number of amides is 1. The molecule has 134 valence electrons. The van der Waals surface area contributed by atoms with Crippen LogP contribution in [0, 0.1) is 0 Å². The molecule has 1 aromatic heterocycles. The van der Waals surface area contributed by atoms with Crippen LogP contribution in [0.3, 0.4) is 0 Å². The molecular formula is C20H21ClN4O. The van der Waals surface area contributed by atoms with E-state index in [0.717, 1.165) is 23.2 Å². The van der Waals surface area contributed by atoms with E-state index in [9.17, 15) is 4.79 Å². The van der Waals surface area contributed by atoms with E-state index >= 15 is 0 Å². The maximum absolute atomic E-state index is 12.0. The first kappa shape index (κ1) is 18.3. The lowest BCUT2D eigenvalue weighted by atomic mass is 9.97. The minimum atomic E-state index is -0.0453. The first-order chi connectivity index (χ1) is 12.5. The fraction of sp³-hybridized carbons (Fsp3) is 0.250. The number of pyridine rings is 1. The molecular weight excluding hydrogens is 348 g/mol. The van der Waals surface area contributed by atoms with Gasteiger partial charge in [-0.2, -0.15) is 0 Å². The van der Waals surface area contributed by atoms with Crippen molar-refractivity contribution < 1.29 is 4.79 Å². The molecule has 1 amide bonds. The number of benzene rings is 1. The molecule has 2 heterocycles. The number of piperazine rings is 1. The number of aromatic nitrogens is 1. The van der Waals surface area contributed by atoms with Crippen LogP contribution in [0.25, 0.3) is 17.2 Å². The van der Waals surface area contributed by atoms with Crippen molar-refractivity contribution in [1.82, 2.24) is 15.2 Å². The number of carbonyl (C=O) groups excluding carboxylic acids is 1. The van der Waals surface area contributed by atoms with E-state index in [1.165, 1.54) is 0 Å². The first-order valence-electron chi connectivity index (χ1n) is 8.41. The molecule has 1 unspecified atom stereocenters. The Hall–Kier alpha value is -2.50. The van der Waals surface area contributed by atoms with Gasteiger partial charge in [-0.05, 0) is 48.2 Å². The number of carbonyl (C=O) groups is 1. The molecule has 1 aliphatic rings. The van der Waals surface area contributed by atoms with Crippen LogP contribution in [-0.4, -0.2) is 42.1 Å². The lowest BCUT2D eigenvalue weighted by Crippen LogP contribution is -2.47. The van der Waals surface area contributed by atoms with E-state index in [4.69, 9.17) is 11.6 Å². The van der Waals surface area contributed by atoms with Gasteiger partial charge in [0, 0.05) is 43.3 Å². The van der Waals surface area contributed by atoms with Crippen molar-refractivity contribution in [3.05, 3.63) is 53.3 Å². The Labute approximate surface area is 158 Å². The SMILES string of the molecule is C=Cc1ncc(-c2cc(Cl)cc(C3CNCCN3C(C)=O)c2)cc1N=C. The summed E-state index contributed by atoms with van der Waals surface area (Å²) in [4.78, 5) is 22.3. The number of nitrogens with zero attached hydrogens (tertiary/aromatic N) is 3. The van der Waals surface area contributed by atoms with Crippen LogP contribution in [0.2, 0.25) is 5.02 Å². The van der Waals surface area contributed by atoms with E-state index in [-0.39, 0.29) is 11.9 Å². The molecule has 5 nitrogen and oxygen atoms in total. The molecule has 1 aliphatic heterocycles. The summed E-state index contributed by atoms with van der Waals surface area (Å²) < 4.78 is 0. The quantitative estimate of drug-likeness (QED) is 0.833. The minimum Gasteiger partial charge on any atom is -0.333 e. The second-order valence-corrected chi connectivity index (χ2v) is 6.63. The van der Waals surface area contributed by atoms with Gasteiger partial charge in [-0.25, -0.2) is 0 Å². The van der Waals surface area contributed by atoms with Gasteiger partial charge in [-0.1, -0.05) is 18.2 Å². The summed E-state index contributed by atoms with van der Waals surface area (Å²) in [6.07, 6.45) is 3.42. The van der Waals surface area contributed by atoms with Gasteiger partial charge in [0.1, 0.15) is 0 Å². The topological polar surface area (TPSA) is 57.6 Å². The van der Waals surface area contributed by atoms with Crippen molar-refractivity contribution in [1.29, 1.82) is 0 Å². The van der Waals surface area contributed by atoms with E-state index in [1.54, 1.807) is 19.2 Å². The summed E-state index contributed by atoms with van der Waals surface area (Å²) in [6.45, 7) is 11.1. The molecule has 1 N–H and O–H groups in total. The van der Waals surface area contributed by atoms with Crippen LogP contribution >= 0.6 is 11.6 Å². The molecule has 6 heteroatoms. The van der Waals surface area contributed by atoms with Crippen LogP contribution in [0.1, 0.15) is 24.2 Å². The van der Waals surface area contributed by atoms with Crippen molar-refractivity contribution >= 4 is 36.0 Å². The lowest BCUT2D eigenvalue weighted by Gasteiger charge is -2.36. The Kier molecular flexibility index (Phi) is 5.49. The van der Waals surface area contributed by atoms with Crippen LogP contribution in [-0.2, 0) is 4.79 Å². The fourth-order valence-electron chi connectivity index (χ4n) is 3.26. The Morgan fingerprint density at radius 1 is 1.38 bits per heavy atom. The van der Waals surface area contributed by atoms with Gasteiger partial charge in [0.05, 0.1) is 17.4 Å². The number of rotatable bonds is 4. The second-order valence-electron chi connectivity index (χ2n) is 6.20. The third-order valence-electron chi connectivity index (χ3n) is 4.55. The summed E-state index contributed by atoms with van der Waals surface area (Å²) in [6, 6.07) is 7.72.